The number of allylic oxidation sites excluding steroid dienone is 3. The van der Waals surface area contributed by atoms with Crippen molar-refractivity contribution in [3.63, 3.8) is 0 Å². The molecular weight excluding hydrogens is 1750 g/mol. The molecule has 5 aliphatic carbocycles. The topological polar surface area (TPSA) is 671 Å². The number of fused-ring (bicyclic) bond motifs is 7. The maximum absolute atomic E-state index is 16.5. The first kappa shape index (κ1) is 104. The molecule has 0 aromatic rings. The van der Waals surface area contributed by atoms with Crippen LogP contribution in [0.3, 0.4) is 0 Å². The summed E-state index contributed by atoms with van der Waals surface area (Å²) in [5, 5.41) is 241. The van der Waals surface area contributed by atoms with Crippen molar-refractivity contribution in [3.8, 4) is 0 Å². The van der Waals surface area contributed by atoms with E-state index in [1.165, 1.54) is 32.9 Å². The van der Waals surface area contributed by atoms with E-state index in [1.54, 1.807) is 0 Å². The number of rotatable bonds is 28. The molecule has 12 fully saturated rings. The van der Waals surface area contributed by atoms with Gasteiger partial charge in [0.05, 0.1) is 76.8 Å². The summed E-state index contributed by atoms with van der Waals surface area (Å²) in [5.41, 5.74) is -8.80. The highest BCUT2D eigenvalue weighted by Gasteiger charge is 2.74. The predicted octanol–water partition coefficient (Wildman–Crippen LogP) is -6.67. The Bertz CT molecular complexity index is 3990. The van der Waals surface area contributed by atoms with Gasteiger partial charge < -0.3 is 198 Å². The Morgan fingerprint density at radius 3 is 1.71 bits per heavy atom. The van der Waals surface area contributed by atoms with E-state index >= 15 is 4.79 Å². The van der Waals surface area contributed by atoms with Crippen molar-refractivity contribution in [2.45, 2.75) is 373 Å². The summed E-state index contributed by atoms with van der Waals surface area (Å²) in [6.07, 6.45) is -55.6. The van der Waals surface area contributed by atoms with Crippen LogP contribution in [0, 0.1) is 50.2 Å². The third-order valence-electron chi connectivity index (χ3n) is 31.0. The second-order valence-electron chi connectivity index (χ2n) is 40.3. The summed E-state index contributed by atoms with van der Waals surface area (Å²) in [5.74, 6) is -5.07. The highest BCUT2D eigenvalue weighted by Crippen LogP contribution is 2.76. The van der Waals surface area contributed by atoms with Gasteiger partial charge in [0.25, 0.3) is 0 Å². The van der Waals surface area contributed by atoms with Gasteiger partial charge in [-0.15, -0.1) is 6.58 Å². The summed E-state index contributed by atoms with van der Waals surface area (Å²) in [7, 11) is 0. The average molecular weight is 1890 g/mol. The molecule has 0 radical (unpaired) electrons. The Labute approximate surface area is 756 Å². The zero-order chi connectivity index (χ0) is 96.0. The molecule has 8 aliphatic heterocycles. The van der Waals surface area contributed by atoms with E-state index in [1.807, 2.05) is 27.7 Å². The van der Waals surface area contributed by atoms with E-state index < -0.39 is 360 Å². The Balaban J connectivity index is 0.778. The van der Waals surface area contributed by atoms with Crippen molar-refractivity contribution in [2.75, 3.05) is 59.5 Å². The highest BCUT2D eigenvalue weighted by atomic mass is 16.8. The second kappa shape index (κ2) is 40.5. The van der Waals surface area contributed by atoms with Crippen molar-refractivity contribution in [1.29, 1.82) is 0 Å². The molecule has 22 N–H and O–H groups in total. The number of carbonyl (C=O) groups excluding carboxylic acids is 4. The first-order chi connectivity index (χ1) is 61.4. The minimum Gasteiger partial charge on any atom is -0.463 e. The van der Waals surface area contributed by atoms with Gasteiger partial charge in [-0.1, -0.05) is 72.3 Å². The molecule has 13 aliphatic rings. The Hall–Kier alpha value is -4.34. The largest absolute Gasteiger partial charge is 0.463 e. The SMILES string of the molecule is C=C[C@@](C)(O)CC/C=C(\C)C(=O)O[C@@H]1[C@@H](O)[C@H](O[C@H]2[C@H](O)[C@@H](O[C@@H]3OC[C@@H](O)[C@H](O[C@@H]4OC[C@](O)(CO)[C@H]4O)[C@H]3O)[C@H](OC(=O)[C@]34C[C@H](O)C(C)(C)C[C@H]3C3=CC[C@@H]5[C@@]6(C)CC[C@H](O[C@@H]7O[C@H](CO[C@@H]8OC[C@H](O)[C@H](O[C@@H]9OC[C@@H](O)[C@H](O)[C@H]9O)[C@H]8O)[C@@H](O[C@@H]8O[C@H](CO)[C@@H](O)[C@H](O)[C@H]8O)[C@H](O)[C@H]7NC(C)=O)C(C)(C)[C@@H]6CC[C@@]5(C)[C@]3(C)C[C@H]4O)O[C@@H]2COC(C)=O)OC[C@H]1O. The van der Waals surface area contributed by atoms with E-state index in [4.69, 9.17) is 85.3 Å². The molecule has 1 amide bonds. The van der Waals surface area contributed by atoms with Crippen LogP contribution in [0.4, 0.5) is 0 Å². The second-order valence-corrected chi connectivity index (χ2v) is 40.3. The zero-order valence-corrected chi connectivity index (χ0v) is 75.3. The van der Waals surface area contributed by atoms with Gasteiger partial charge in [-0.2, -0.15) is 0 Å². The van der Waals surface area contributed by atoms with Gasteiger partial charge >= 0.3 is 17.9 Å². The molecular formula is C87H137NO43. The van der Waals surface area contributed by atoms with Crippen molar-refractivity contribution in [3.05, 3.63) is 36.0 Å². The number of aliphatic hydroxyl groups is 21. The fourth-order valence-electron chi connectivity index (χ4n) is 22.8. The van der Waals surface area contributed by atoms with Gasteiger partial charge in [-0.25, -0.2) is 4.79 Å². The number of hydrogen-bond acceptors (Lipinski definition) is 43. The molecule has 45 atom stereocenters. The van der Waals surface area contributed by atoms with Crippen molar-refractivity contribution < 1.29 is 212 Å². The summed E-state index contributed by atoms with van der Waals surface area (Å²) in [6.45, 7) is 16.5. The van der Waals surface area contributed by atoms with Crippen LogP contribution < -0.4 is 5.32 Å². The minimum absolute atomic E-state index is 0.0203. The van der Waals surface area contributed by atoms with E-state index in [0.29, 0.717) is 32.1 Å². The van der Waals surface area contributed by atoms with E-state index in [2.05, 4.69) is 38.7 Å². The highest BCUT2D eigenvalue weighted by molar-refractivity contribution is 5.88. The molecule has 0 spiro atoms. The molecule has 748 valence electrons. The molecule has 8 saturated heterocycles. The van der Waals surface area contributed by atoms with Crippen LogP contribution in [0.25, 0.3) is 0 Å². The van der Waals surface area contributed by atoms with Gasteiger partial charge in [-0.05, 0) is 123 Å². The Morgan fingerprint density at radius 1 is 0.542 bits per heavy atom. The van der Waals surface area contributed by atoms with Crippen molar-refractivity contribution >= 4 is 23.8 Å². The molecule has 0 aromatic carbocycles. The van der Waals surface area contributed by atoms with Gasteiger partial charge in [0.1, 0.15) is 158 Å². The Kier molecular flexibility index (Phi) is 32.1. The molecule has 13 rings (SSSR count). The van der Waals surface area contributed by atoms with Gasteiger partial charge in [0.15, 0.2) is 56.2 Å². The third kappa shape index (κ3) is 20.0. The van der Waals surface area contributed by atoms with Crippen LogP contribution in [0.15, 0.2) is 36.0 Å². The molecule has 44 nitrogen and oxygen atoms in total. The zero-order valence-electron chi connectivity index (χ0n) is 75.3. The van der Waals surface area contributed by atoms with Gasteiger partial charge in [-0.3, -0.25) is 14.4 Å². The molecule has 8 heterocycles. The summed E-state index contributed by atoms with van der Waals surface area (Å²) >= 11 is 0. The van der Waals surface area contributed by atoms with E-state index in [0.717, 1.165) is 12.5 Å². The van der Waals surface area contributed by atoms with Crippen LogP contribution in [0.5, 0.6) is 0 Å². The van der Waals surface area contributed by atoms with Crippen LogP contribution >= 0.6 is 0 Å². The quantitative estimate of drug-likeness (QED) is 0.0114. The first-order valence-electron chi connectivity index (χ1n) is 45.0. The smallest absolute Gasteiger partial charge is 0.333 e. The standard InChI is InChI=1S/C87H137NO43/c1-13-82(9,112)20-14-15-35(2)70(110)125-63-41(94)29-117-74(61(63)107)128-67-45(31-114-37(4)92)123-77(68(59(67)105)130-75-62(108)65(43(96)30-118-75)127-78-69(109)86(113,33-90)34-120-78)131-79(111)87-25-49(97)80(5,6)23-39(87)38-16-17-48-83(10)21-19-51(81(7,8)47(83)18-22-84(48,11)85(38,12)24-50(87)98)124-71-52(88-36(3)91)55(101)66(129-76-58(104)56(102)54(100)44(26-89)121-76)46(122-71)32-119-72-60(106)64(42(95)28-115-72)126-73-57(103)53(99)40(93)27-116-73/h13,15-16,39-69,71-78,89-90,93-109,112-113H,1,14,17-34H2,2-12H3,(H,88,91)/b35-15+/t39-,40+,41+,42-,43+,44+,45+,46+,47-,48+,49-,50+,51-,52+,53-,54+,55+,56-,57+,58+,59-,60+,61+,62+,63-,64-,65-,66+,67+,68+,69-,71-,72-,73-,74-,75-,76-,77-,78-,82+,83-,84+,85+,86+,87+/m0/s1. The number of nitrogens with one attached hydrogen (secondary N) is 1. The lowest BCUT2D eigenvalue weighted by Crippen LogP contribution is -2.70. The van der Waals surface area contributed by atoms with E-state index in [-0.39, 0.29) is 43.1 Å². The third-order valence-corrected chi connectivity index (χ3v) is 31.0. The predicted molar refractivity (Wildman–Crippen MR) is 435 cm³/mol. The average Bonchev–Trinajstić information content (AvgIpc) is 0.782. The maximum Gasteiger partial charge on any atom is 0.333 e. The molecule has 0 unspecified atom stereocenters. The summed E-state index contributed by atoms with van der Waals surface area (Å²) in [6, 6.07) is -1.50. The normalized spacial score (nSPS) is 49.2. The van der Waals surface area contributed by atoms with Crippen molar-refractivity contribution in [2.24, 2.45) is 50.2 Å². The number of hydrogen-bond donors (Lipinski definition) is 22. The number of ether oxygens (including phenoxy) is 18. The minimum atomic E-state index is -2.27. The fraction of sp³-hybridized carbons (Fsp3) is 0.885. The molecule has 4 saturated carbocycles. The molecule has 0 bridgehead atoms. The van der Waals surface area contributed by atoms with Crippen LogP contribution in [-0.4, -0.2) is 423 Å². The lowest BCUT2D eigenvalue weighted by Gasteiger charge is -2.72. The lowest BCUT2D eigenvalue weighted by molar-refractivity contribution is -0.377. The number of esters is 3. The van der Waals surface area contributed by atoms with Crippen LogP contribution in [0.1, 0.15) is 140 Å². The first-order valence-corrected chi connectivity index (χ1v) is 45.0. The number of aliphatic hydroxyl groups excluding tert-OH is 19. The molecule has 131 heavy (non-hydrogen) atoms. The lowest BCUT2D eigenvalue weighted by atomic mass is 9.33. The van der Waals surface area contributed by atoms with E-state index in [9.17, 15) is 122 Å². The summed E-state index contributed by atoms with van der Waals surface area (Å²) in [4.78, 5) is 56.3. The summed E-state index contributed by atoms with van der Waals surface area (Å²) < 4.78 is 109. The van der Waals surface area contributed by atoms with Crippen LogP contribution in [-0.2, 0) is 104 Å². The van der Waals surface area contributed by atoms with Crippen molar-refractivity contribution in [1.82, 2.24) is 5.32 Å². The number of carbonyl (C=O) groups is 4. The van der Waals surface area contributed by atoms with Gasteiger partial charge in [0.2, 0.25) is 12.2 Å². The molecule has 0 aromatic heterocycles. The Morgan fingerprint density at radius 2 is 1.09 bits per heavy atom. The van der Waals surface area contributed by atoms with Crippen LogP contribution in [0.2, 0.25) is 0 Å². The molecule has 44 heteroatoms. The monoisotopic (exact) mass is 1880 g/mol. The fourth-order valence-corrected chi connectivity index (χ4v) is 22.8. The van der Waals surface area contributed by atoms with Gasteiger partial charge in [0, 0.05) is 19.4 Å². The maximum atomic E-state index is 16.5. The number of amides is 1.